The van der Waals surface area contributed by atoms with Gasteiger partial charge in [-0.3, -0.25) is 4.79 Å². The van der Waals surface area contributed by atoms with Gasteiger partial charge in [0.25, 0.3) is 0 Å². The number of carbonyl (C=O) groups is 1. The van der Waals surface area contributed by atoms with E-state index < -0.39 is 23.0 Å². The van der Waals surface area contributed by atoms with Gasteiger partial charge in [0.15, 0.2) is 5.65 Å². The molecule has 2 atom stereocenters. The van der Waals surface area contributed by atoms with Gasteiger partial charge in [-0.05, 0) is 49.6 Å². The van der Waals surface area contributed by atoms with Crippen LogP contribution in [0.4, 0.5) is 20.3 Å². The van der Waals surface area contributed by atoms with Crippen molar-refractivity contribution < 1.29 is 18.7 Å². The van der Waals surface area contributed by atoms with Crippen molar-refractivity contribution in [2.75, 3.05) is 29.4 Å². The van der Waals surface area contributed by atoms with Gasteiger partial charge in [0.1, 0.15) is 17.5 Å². The lowest BCUT2D eigenvalue weighted by atomic mass is 9.97. The zero-order chi connectivity index (χ0) is 27.5. The fourth-order valence-electron chi connectivity index (χ4n) is 5.40. The normalized spacial score (nSPS) is 20.3. The first kappa shape index (κ1) is 25.1. The van der Waals surface area contributed by atoms with Crippen molar-refractivity contribution in [3.05, 3.63) is 84.2 Å². The number of imidazole rings is 1. The molecule has 0 amide bonds. The van der Waals surface area contributed by atoms with Crippen LogP contribution < -0.4 is 9.80 Å². The molecule has 3 aromatic heterocycles. The van der Waals surface area contributed by atoms with E-state index in [1.165, 1.54) is 16.8 Å². The van der Waals surface area contributed by atoms with E-state index in [1.807, 2.05) is 9.80 Å². The Kier molecular flexibility index (Phi) is 5.91. The fraction of sp³-hybridized carbons (Fsp3) is 0.321. The Morgan fingerprint density at radius 2 is 1.85 bits per heavy atom. The molecule has 0 bridgehead atoms. The first-order chi connectivity index (χ1) is 18.6. The number of aromatic nitrogens is 5. The molecule has 1 N–H and O–H groups in total. The van der Waals surface area contributed by atoms with E-state index in [0.717, 1.165) is 12.1 Å². The highest BCUT2D eigenvalue weighted by Gasteiger charge is 2.37. The summed E-state index contributed by atoms with van der Waals surface area (Å²) in [5, 5.41) is 14.7. The number of fused-ring (bicyclic) bond motifs is 1. The van der Waals surface area contributed by atoms with Crippen molar-refractivity contribution >= 4 is 28.5 Å². The van der Waals surface area contributed by atoms with Crippen LogP contribution in [0.15, 0.2) is 55.5 Å². The summed E-state index contributed by atoms with van der Waals surface area (Å²) < 4.78 is 30.2. The molecular formula is C28H27F2N7O2. The van der Waals surface area contributed by atoms with E-state index in [4.69, 9.17) is 5.10 Å². The lowest BCUT2D eigenvalue weighted by Crippen LogP contribution is -2.60. The first-order valence-corrected chi connectivity index (χ1v) is 12.7. The third-order valence-corrected chi connectivity index (χ3v) is 7.32. The number of rotatable bonds is 6. The Labute approximate surface area is 223 Å². The van der Waals surface area contributed by atoms with Gasteiger partial charge in [-0.15, -0.1) is 5.10 Å². The van der Waals surface area contributed by atoms with Crippen LogP contribution in [-0.4, -0.2) is 60.7 Å². The molecule has 2 aliphatic heterocycles. The molecule has 6 rings (SSSR count). The van der Waals surface area contributed by atoms with Crippen molar-refractivity contribution in [2.24, 2.45) is 5.92 Å². The van der Waals surface area contributed by atoms with E-state index in [9.17, 15) is 18.7 Å². The SMILES string of the molecule is C=C(C(=O)c1ncc(N2CC(C)(O)C2)cn1)c1cnc2ccc(N3C[C@@H](C)C[C@@H]3c3cc(F)ccc3F)nn12. The summed E-state index contributed by atoms with van der Waals surface area (Å²) in [6.07, 6.45) is 5.26. The second-order valence-electron chi connectivity index (χ2n) is 10.7. The summed E-state index contributed by atoms with van der Waals surface area (Å²) in [6.45, 7) is 9.33. The molecule has 0 aliphatic carbocycles. The zero-order valence-electron chi connectivity index (χ0n) is 21.6. The number of hydrogen-bond donors (Lipinski definition) is 1. The van der Waals surface area contributed by atoms with Gasteiger partial charge in [0, 0.05) is 30.8 Å². The summed E-state index contributed by atoms with van der Waals surface area (Å²) >= 11 is 0. The van der Waals surface area contributed by atoms with E-state index >= 15 is 0 Å². The highest BCUT2D eigenvalue weighted by atomic mass is 19.1. The Hall–Kier alpha value is -4.25. The quantitative estimate of drug-likeness (QED) is 0.296. The molecule has 0 saturated carbocycles. The molecule has 2 fully saturated rings. The maximum Gasteiger partial charge on any atom is 0.231 e. The topological polar surface area (TPSA) is 99.8 Å². The van der Waals surface area contributed by atoms with Crippen molar-refractivity contribution in [2.45, 2.75) is 31.9 Å². The van der Waals surface area contributed by atoms with E-state index in [-0.39, 0.29) is 28.9 Å². The van der Waals surface area contributed by atoms with Gasteiger partial charge in [-0.1, -0.05) is 13.5 Å². The summed E-state index contributed by atoms with van der Waals surface area (Å²) in [6, 6.07) is 6.65. The number of nitrogens with zero attached hydrogens (tertiary/aromatic N) is 7. The standard InChI is InChI=1S/C28H27F2N7O2/c1-16-8-22(20-9-18(29)4-5-21(20)30)36(13-16)25-7-6-24-31-12-23(37(24)34-25)17(2)26(38)27-32-10-19(11-33-27)35-14-28(3,39)15-35/h4-7,9-12,16,22,39H,2,8,13-15H2,1,3H3/t16-,22+/m0/s1. The van der Waals surface area contributed by atoms with E-state index in [2.05, 4.69) is 28.5 Å². The number of hydrogen-bond acceptors (Lipinski definition) is 8. The minimum Gasteiger partial charge on any atom is -0.386 e. The summed E-state index contributed by atoms with van der Waals surface area (Å²) in [5.74, 6) is -0.664. The molecule has 2 saturated heterocycles. The third-order valence-electron chi connectivity index (χ3n) is 7.32. The maximum absolute atomic E-state index is 14.7. The first-order valence-electron chi connectivity index (χ1n) is 12.7. The van der Waals surface area contributed by atoms with Crippen LogP contribution in [0.25, 0.3) is 11.2 Å². The average Bonchev–Trinajstić information content (AvgIpc) is 3.51. The van der Waals surface area contributed by atoms with Gasteiger partial charge in [0.05, 0.1) is 41.6 Å². The van der Waals surface area contributed by atoms with E-state index in [0.29, 0.717) is 48.9 Å². The minimum absolute atomic E-state index is 0.0165. The monoisotopic (exact) mass is 531 g/mol. The van der Waals surface area contributed by atoms with Crippen LogP contribution in [0.1, 0.15) is 48.2 Å². The smallest absolute Gasteiger partial charge is 0.231 e. The van der Waals surface area contributed by atoms with Crippen LogP contribution in [-0.2, 0) is 0 Å². The van der Waals surface area contributed by atoms with Crippen LogP contribution in [0, 0.1) is 17.6 Å². The summed E-state index contributed by atoms with van der Waals surface area (Å²) in [5.41, 5.74) is 1.27. The molecule has 200 valence electrons. The number of ketones is 1. The van der Waals surface area contributed by atoms with Crippen LogP contribution in [0.3, 0.4) is 0 Å². The molecule has 4 aromatic rings. The lowest BCUT2D eigenvalue weighted by Gasteiger charge is -2.45. The Bertz CT molecular complexity index is 1590. The lowest BCUT2D eigenvalue weighted by molar-refractivity contribution is 0.0309. The van der Waals surface area contributed by atoms with Crippen molar-refractivity contribution in [3.63, 3.8) is 0 Å². The van der Waals surface area contributed by atoms with Crippen LogP contribution in [0.2, 0.25) is 0 Å². The Balaban J connectivity index is 1.28. The number of allylic oxidation sites excluding steroid dienone is 1. The van der Waals surface area contributed by atoms with Gasteiger partial charge >= 0.3 is 0 Å². The second-order valence-corrected chi connectivity index (χ2v) is 10.7. The summed E-state index contributed by atoms with van der Waals surface area (Å²) in [7, 11) is 0. The molecule has 0 unspecified atom stereocenters. The van der Waals surface area contributed by atoms with Gasteiger partial charge in [-0.2, -0.15) is 0 Å². The number of β-amino-alcohol motifs (C(OH)–C–C–N with tert-alkyl or cyclic N) is 1. The third kappa shape index (κ3) is 4.52. The minimum atomic E-state index is -0.740. The fourth-order valence-corrected chi connectivity index (χ4v) is 5.40. The zero-order valence-corrected chi connectivity index (χ0v) is 21.6. The highest BCUT2D eigenvalue weighted by molar-refractivity contribution is 6.26. The predicted octanol–water partition coefficient (Wildman–Crippen LogP) is 3.85. The molecule has 11 heteroatoms. The van der Waals surface area contributed by atoms with Crippen molar-refractivity contribution in [1.29, 1.82) is 0 Å². The number of benzene rings is 1. The van der Waals surface area contributed by atoms with Gasteiger partial charge < -0.3 is 14.9 Å². The maximum atomic E-state index is 14.7. The van der Waals surface area contributed by atoms with Gasteiger partial charge in [0.2, 0.25) is 11.6 Å². The molecule has 1 aromatic carbocycles. The molecule has 5 heterocycles. The Morgan fingerprint density at radius 3 is 2.56 bits per heavy atom. The number of halogens is 2. The molecule has 0 radical (unpaired) electrons. The van der Waals surface area contributed by atoms with Crippen LogP contribution in [0.5, 0.6) is 0 Å². The highest BCUT2D eigenvalue weighted by Crippen LogP contribution is 2.39. The largest absolute Gasteiger partial charge is 0.386 e. The van der Waals surface area contributed by atoms with Crippen molar-refractivity contribution in [1.82, 2.24) is 24.6 Å². The number of anilines is 2. The number of carbonyl (C=O) groups excluding carboxylic acids is 1. The van der Waals surface area contributed by atoms with E-state index in [1.54, 1.807) is 31.5 Å². The predicted molar refractivity (Wildman–Crippen MR) is 141 cm³/mol. The Morgan fingerprint density at radius 1 is 1.10 bits per heavy atom. The molecule has 9 nitrogen and oxygen atoms in total. The van der Waals surface area contributed by atoms with Crippen LogP contribution >= 0.6 is 0 Å². The summed E-state index contributed by atoms with van der Waals surface area (Å²) in [4.78, 5) is 29.9. The molecule has 2 aliphatic rings. The molecule has 0 spiro atoms. The second kappa shape index (κ2) is 9.19. The van der Waals surface area contributed by atoms with Crippen molar-refractivity contribution in [3.8, 4) is 0 Å². The number of Topliss-reactive ketones (excluding diaryl/α,β-unsaturated/α-hetero) is 1. The van der Waals surface area contributed by atoms with Gasteiger partial charge in [-0.25, -0.2) is 28.2 Å². The average molecular weight is 532 g/mol. The molecule has 39 heavy (non-hydrogen) atoms. The molecular weight excluding hydrogens is 504 g/mol. The number of aliphatic hydroxyl groups is 1.